The Morgan fingerprint density at radius 1 is 1.07 bits per heavy atom. The van der Waals surface area contributed by atoms with E-state index < -0.39 is 28.5 Å². The highest BCUT2D eigenvalue weighted by Gasteiger charge is 2.27. The number of sulfonamides is 1. The molecule has 1 aliphatic rings. The standard InChI is InChI=1S/C22H26N2O5S/c1-17-7-2-3-8-18(17)11-12-23-21(25)16-29-22(26)19-9-6-10-20(15-19)30(27,28)24-13-4-5-14-24/h2-3,6-10,15H,4-5,11-14,16H2,1H3,(H,23,25). The third kappa shape index (κ3) is 5.46. The molecular formula is C22H26N2O5S. The fraction of sp³-hybridized carbons (Fsp3) is 0.364. The lowest BCUT2D eigenvalue weighted by Gasteiger charge is -2.15. The van der Waals surface area contributed by atoms with Gasteiger partial charge in [-0.05, 0) is 55.5 Å². The lowest BCUT2D eigenvalue weighted by molar-refractivity contribution is -0.124. The zero-order chi connectivity index (χ0) is 21.6. The molecular weight excluding hydrogens is 404 g/mol. The van der Waals surface area contributed by atoms with E-state index in [1.807, 2.05) is 31.2 Å². The van der Waals surface area contributed by atoms with Gasteiger partial charge in [0.25, 0.3) is 5.91 Å². The molecule has 1 heterocycles. The van der Waals surface area contributed by atoms with Gasteiger partial charge in [-0.3, -0.25) is 4.79 Å². The first-order chi connectivity index (χ1) is 14.4. The summed E-state index contributed by atoms with van der Waals surface area (Å²) >= 11 is 0. The molecule has 3 rings (SSSR count). The van der Waals surface area contributed by atoms with E-state index in [-0.39, 0.29) is 10.5 Å². The molecule has 30 heavy (non-hydrogen) atoms. The normalized spacial score (nSPS) is 14.4. The molecule has 8 heteroatoms. The molecule has 7 nitrogen and oxygen atoms in total. The van der Waals surface area contributed by atoms with Crippen molar-refractivity contribution in [2.75, 3.05) is 26.2 Å². The number of hydrogen-bond acceptors (Lipinski definition) is 5. The van der Waals surface area contributed by atoms with Crippen molar-refractivity contribution < 1.29 is 22.7 Å². The molecule has 1 fully saturated rings. The SMILES string of the molecule is Cc1ccccc1CCNC(=O)COC(=O)c1cccc(S(=O)(=O)N2CCCC2)c1. The van der Waals surface area contributed by atoms with Gasteiger partial charge in [0.05, 0.1) is 10.5 Å². The minimum atomic E-state index is -3.62. The molecule has 0 saturated carbocycles. The van der Waals surface area contributed by atoms with Crippen LogP contribution >= 0.6 is 0 Å². The number of aryl methyl sites for hydroxylation is 1. The number of nitrogens with zero attached hydrogens (tertiary/aromatic N) is 1. The largest absolute Gasteiger partial charge is 0.452 e. The van der Waals surface area contributed by atoms with Crippen LogP contribution in [0.5, 0.6) is 0 Å². The summed E-state index contributed by atoms with van der Waals surface area (Å²) in [6.45, 7) is 3.00. The van der Waals surface area contributed by atoms with Crippen LogP contribution in [0, 0.1) is 6.92 Å². The van der Waals surface area contributed by atoms with E-state index in [0.717, 1.165) is 24.0 Å². The first-order valence-corrected chi connectivity index (χ1v) is 11.4. The average molecular weight is 431 g/mol. The monoisotopic (exact) mass is 430 g/mol. The van der Waals surface area contributed by atoms with Gasteiger partial charge in [0.2, 0.25) is 10.0 Å². The first-order valence-electron chi connectivity index (χ1n) is 9.96. The second-order valence-electron chi connectivity index (χ2n) is 7.24. The maximum absolute atomic E-state index is 12.6. The van der Waals surface area contributed by atoms with E-state index in [1.54, 1.807) is 0 Å². The van der Waals surface area contributed by atoms with Gasteiger partial charge in [-0.15, -0.1) is 0 Å². The highest BCUT2D eigenvalue weighted by atomic mass is 32.2. The Labute approximate surface area is 177 Å². The molecule has 2 aromatic rings. The van der Waals surface area contributed by atoms with E-state index in [9.17, 15) is 18.0 Å². The summed E-state index contributed by atoms with van der Waals surface area (Å²) in [6.07, 6.45) is 2.35. The minimum absolute atomic E-state index is 0.0570. The molecule has 1 saturated heterocycles. The Hall–Kier alpha value is -2.71. The lowest BCUT2D eigenvalue weighted by Crippen LogP contribution is -2.30. The van der Waals surface area contributed by atoms with Gasteiger partial charge >= 0.3 is 5.97 Å². The first kappa shape index (κ1) is 22.0. The van der Waals surface area contributed by atoms with Crippen molar-refractivity contribution in [1.29, 1.82) is 0 Å². The predicted molar refractivity (Wildman–Crippen MR) is 113 cm³/mol. The van der Waals surface area contributed by atoms with E-state index in [0.29, 0.717) is 26.1 Å². The summed E-state index contributed by atoms with van der Waals surface area (Å²) in [5.41, 5.74) is 2.40. The third-order valence-electron chi connectivity index (χ3n) is 5.08. The fourth-order valence-corrected chi connectivity index (χ4v) is 4.92. The molecule has 0 radical (unpaired) electrons. The topological polar surface area (TPSA) is 92.8 Å². The van der Waals surface area contributed by atoms with Gasteiger partial charge in [-0.2, -0.15) is 4.31 Å². The number of benzene rings is 2. The second-order valence-corrected chi connectivity index (χ2v) is 9.18. The van der Waals surface area contributed by atoms with Crippen LogP contribution in [0.25, 0.3) is 0 Å². The quantitative estimate of drug-likeness (QED) is 0.649. The van der Waals surface area contributed by atoms with Gasteiger partial charge < -0.3 is 10.1 Å². The molecule has 0 aliphatic carbocycles. The van der Waals surface area contributed by atoms with Crippen molar-refractivity contribution in [2.45, 2.75) is 31.1 Å². The van der Waals surface area contributed by atoms with Gasteiger partial charge in [0.15, 0.2) is 6.61 Å². The number of hydrogen-bond donors (Lipinski definition) is 1. The van der Waals surface area contributed by atoms with Crippen molar-refractivity contribution >= 4 is 21.9 Å². The van der Waals surface area contributed by atoms with Crippen LogP contribution in [-0.2, 0) is 26.0 Å². The van der Waals surface area contributed by atoms with Crippen LogP contribution < -0.4 is 5.32 Å². The summed E-state index contributed by atoms with van der Waals surface area (Å²) < 4.78 is 31.8. The molecule has 160 valence electrons. The number of esters is 1. The number of nitrogens with one attached hydrogen (secondary N) is 1. The number of carbonyl (C=O) groups excluding carboxylic acids is 2. The smallest absolute Gasteiger partial charge is 0.338 e. The summed E-state index contributed by atoms with van der Waals surface area (Å²) in [6, 6.07) is 13.7. The minimum Gasteiger partial charge on any atom is -0.452 e. The highest BCUT2D eigenvalue weighted by Crippen LogP contribution is 2.21. The molecule has 2 aromatic carbocycles. The molecule has 0 aromatic heterocycles. The number of ether oxygens (including phenoxy) is 1. The average Bonchev–Trinajstić information content (AvgIpc) is 3.29. The fourth-order valence-electron chi connectivity index (χ4n) is 3.35. The van der Waals surface area contributed by atoms with Crippen molar-refractivity contribution in [3.8, 4) is 0 Å². The molecule has 1 amide bonds. The van der Waals surface area contributed by atoms with Gasteiger partial charge in [0, 0.05) is 19.6 Å². The molecule has 0 atom stereocenters. The third-order valence-corrected chi connectivity index (χ3v) is 6.98. The van der Waals surface area contributed by atoms with Gasteiger partial charge in [-0.1, -0.05) is 30.3 Å². The van der Waals surface area contributed by atoms with Crippen molar-refractivity contribution in [3.63, 3.8) is 0 Å². The highest BCUT2D eigenvalue weighted by molar-refractivity contribution is 7.89. The maximum atomic E-state index is 12.6. The van der Waals surface area contributed by atoms with Crippen LogP contribution in [0.4, 0.5) is 0 Å². The lowest BCUT2D eigenvalue weighted by atomic mass is 10.1. The zero-order valence-corrected chi connectivity index (χ0v) is 17.8. The maximum Gasteiger partial charge on any atom is 0.338 e. The molecule has 0 unspecified atom stereocenters. The van der Waals surface area contributed by atoms with Crippen LogP contribution in [0.15, 0.2) is 53.4 Å². The Morgan fingerprint density at radius 2 is 1.80 bits per heavy atom. The molecule has 0 spiro atoms. The van der Waals surface area contributed by atoms with Gasteiger partial charge in [0.1, 0.15) is 0 Å². The Morgan fingerprint density at radius 3 is 2.53 bits per heavy atom. The van der Waals surface area contributed by atoms with Crippen molar-refractivity contribution in [3.05, 3.63) is 65.2 Å². The van der Waals surface area contributed by atoms with E-state index >= 15 is 0 Å². The Bertz CT molecular complexity index is 1010. The number of carbonyl (C=O) groups is 2. The molecule has 0 bridgehead atoms. The zero-order valence-electron chi connectivity index (χ0n) is 17.0. The second kappa shape index (κ2) is 9.86. The summed E-state index contributed by atoms with van der Waals surface area (Å²) in [4.78, 5) is 24.3. The number of rotatable bonds is 8. The predicted octanol–water partition coefficient (Wildman–Crippen LogP) is 2.30. The van der Waals surface area contributed by atoms with Gasteiger partial charge in [-0.25, -0.2) is 13.2 Å². The summed E-state index contributed by atoms with van der Waals surface area (Å²) in [5.74, 6) is -1.14. The van der Waals surface area contributed by atoms with E-state index in [2.05, 4.69) is 5.32 Å². The Kier molecular flexibility index (Phi) is 7.23. The van der Waals surface area contributed by atoms with Crippen molar-refractivity contribution in [2.24, 2.45) is 0 Å². The molecule has 1 N–H and O–H groups in total. The van der Waals surface area contributed by atoms with Crippen molar-refractivity contribution in [1.82, 2.24) is 9.62 Å². The Balaban J connectivity index is 1.51. The molecule has 1 aliphatic heterocycles. The number of amides is 1. The van der Waals surface area contributed by atoms with Crippen LogP contribution in [-0.4, -0.2) is 50.8 Å². The van der Waals surface area contributed by atoms with E-state index in [1.165, 1.54) is 28.6 Å². The van der Waals surface area contributed by atoms with Crippen LogP contribution in [0.1, 0.15) is 34.3 Å². The van der Waals surface area contributed by atoms with Crippen LogP contribution in [0.3, 0.4) is 0 Å². The summed E-state index contributed by atoms with van der Waals surface area (Å²) in [5, 5.41) is 2.72. The van der Waals surface area contributed by atoms with Crippen LogP contribution in [0.2, 0.25) is 0 Å². The summed E-state index contributed by atoms with van der Waals surface area (Å²) in [7, 11) is -3.62. The van der Waals surface area contributed by atoms with E-state index in [4.69, 9.17) is 4.74 Å².